The summed E-state index contributed by atoms with van der Waals surface area (Å²) in [5.74, 6) is 0. The molecule has 8 aromatic rings. The summed E-state index contributed by atoms with van der Waals surface area (Å²) in [6.45, 7) is 9.08. The van der Waals surface area contributed by atoms with Crippen LogP contribution in [0.1, 0.15) is 49.9 Å². The molecule has 3 aromatic heterocycles. The zero-order valence-electron chi connectivity index (χ0n) is 33.8. The first-order chi connectivity index (χ1) is 29.1. The van der Waals surface area contributed by atoms with Crippen molar-refractivity contribution >= 4 is 75.0 Å². The van der Waals surface area contributed by atoms with Crippen molar-refractivity contribution in [2.24, 2.45) is 4.99 Å². The van der Waals surface area contributed by atoms with Gasteiger partial charge in [-0.15, -0.1) is 0 Å². The number of hydrogen-bond acceptors (Lipinski definition) is 6. The number of aromatic nitrogens is 3. The fraction of sp³-hybridized carbons (Fsp3) is 0.132. The van der Waals surface area contributed by atoms with Crippen molar-refractivity contribution in [3.8, 4) is 44.9 Å². The summed E-state index contributed by atoms with van der Waals surface area (Å²) in [5.41, 5.74) is 15.3. The second-order valence-corrected chi connectivity index (χ2v) is 14.3. The minimum atomic E-state index is 0.700. The molecule has 1 N–H and O–H groups in total. The van der Waals surface area contributed by atoms with E-state index in [0.717, 1.165) is 115 Å². The van der Waals surface area contributed by atoms with Crippen molar-refractivity contribution in [2.45, 2.75) is 33.1 Å². The second kappa shape index (κ2) is 17.9. The second-order valence-electron chi connectivity index (χ2n) is 14.3. The number of pyridine rings is 3. The lowest BCUT2D eigenvalue weighted by atomic mass is 9.99. The SMILES string of the molecule is C=C1N=CCCC/C=C\c2ccc(-c3ccc4cc(-c5ccc6cc(-c7ccc8nc(-c9ccc%10c(c9)C=CCN%10)ccc8c7)ccc6n5)ccc4c3)nc21.CC.CS. The van der Waals surface area contributed by atoms with Gasteiger partial charge in [-0.2, -0.15) is 12.6 Å². The largest absolute Gasteiger partial charge is 0.381 e. The van der Waals surface area contributed by atoms with Crippen LogP contribution in [0.3, 0.4) is 0 Å². The molecule has 10 rings (SSSR count). The molecule has 0 saturated carbocycles. The van der Waals surface area contributed by atoms with Gasteiger partial charge in [0.05, 0.1) is 39.5 Å². The van der Waals surface area contributed by atoms with Gasteiger partial charge in [-0.25, -0.2) is 15.0 Å². The van der Waals surface area contributed by atoms with Gasteiger partial charge in [-0.3, -0.25) is 4.99 Å². The summed E-state index contributed by atoms with van der Waals surface area (Å²) in [7, 11) is 0. The molecule has 0 fully saturated rings. The van der Waals surface area contributed by atoms with Crippen molar-refractivity contribution in [1.82, 2.24) is 15.0 Å². The molecule has 5 aromatic carbocycles. The molecule has 6 heteroatoms. The maximum atomic E-state index is 5.09. The Morgan fingerprint density at radius 2 is 1.03 bits per heavy atom. The van der Waals surface area contributed by atoms with Crippen molar-refractivity contribution in [1.29, 1.82) is 0 Å². The highest BCUT2D eigenvalue weighted by Gasteiger charge is 2.12. The normalized spacial score (nSPS) is 13.7. The maximum absolute atomic E-state index is 5.09. The molecule has 2 aliphatic heterocycles. The topological polar surface area (TPSA) is 63.1 Å². The lowest BCUT2D eigenvalue weighted by Crippen LogP contribution is -2.04. The highest BCUT2D eigenvalue weighted by molar-refractivity contribution is 7.79. The Morgan fingerprint density at radius 1 is 0.508 bits per heavy atom. The van der Waals surface area contributed by atoms with Gasteiger partial charge in [0.25, 0.3) is 0 Å². The molecule has 0 aliphatic carbocycles. The number of nitrogens with one attached hydrogen (secondary N) is 1. The average Bonchev–Trinajstić information content (AvgIpc) is 3.31. The van der Waals surface area contributed by atoms with E-state index in [9.17, 15) is 0 Å². The van der Waals surface area contributed by atoms with E-state index in [-0.39, 0.29) is 0 Å². The zero-order valence-corrected chi connectivity index (χ0v) is 34.7. The number of benzene rings is 5. The number of anilines is 1. The molecule has 5 nitrogen and oxygen atoms in total. The summed E-state index contributed by atoms with van der Waals surface area (Å²) < 4.78 is 0. The van der Waals surface area contributed by atoms with Gasteiger partial charge in [0.1, 0.15) is 0 Å². The Bertz CT molecular complexity index is 2940. The molecule has 5 heterocycles. The van der Waals surface area contributed by atoms with Crippen LogP contribution in [-0.2, 0) is 0 Å². The van der Waals surface area contributed by atoms with Gasteiger partial charge < -0.3 is 5.32 Å². The summed E-state index contributed by atoms with van der Waals surface area (Å²) >= 11 is 3.53. The van der Waals surface area contributed by atoms with Crippen molar-refractivity contribution in [2.75, 3.05) is 18.1 Å². The van der Waals surface area contributed by atoms with Gasteiger partial charge in [-0.1, -0.05) is 105 Å². The monoisotopic (exact) mass is 785 g/mol. The number of nitrogens with zero attached hydrogens (tertiary/aromatic N) is 4. The molecule has 0 radical (unpaired) electrons. The fourth-order valence-corrected chi connectivity index (χ4v) is 7.64. The lowest BCUT2D eigenvalue weighted by Gasteiger charge is -2.14. The first-order valence-electron chi connectivity index (χ1n) is 20.4. The van der Waals surface area contributed by atoms with Gasteiger partial charge in [-0.05, 0) is 120 Å². The van der Waals surface area contributed by atoms with E-state index in [1.54, 1.807) is 6.26 Å². The van der Waals surface area contributed by atoms with Crippen LogP contribution in [0.5, 0.6) is 0 Å². The number of hydrogen-bond donors (Lipinski definition) is 2. The van der Waals surface area contributed by atoms with Gasteiger partial charge >= 0.3 is 0 Å². The molecule has 0 atom stereocenters. The highest BCUT2D eigenvalue weighted by Crippen LogP contribution is 2.33. The molecule has 2 aliphatic rings. The van der Waals surface area contributed by atoms with E-state index in [2.05, 4.69) is 181 Å². The van der Waals surface area contributed by atoms with E-state index in [1.165, 1.54) is 11.3 Å². The fourth-order valence-electron chi connectivity index (χ4n) is 7.64. The molecule has 0 spiro atoms. The first kappa shape index (κ1) is 39.2. The van der Waals surface area contributed by atoms with Gasteiger partial charge in [0.15, 0.2) is 0 Å². The van der Waals surface area contributed by atoms with E-state index >= 15 is 0 Å². The molecule has 0 amide bonds. The summed E-state index contributed by atoms with van der Waals surface area (Å²) in [6, 6.07) is 45.4. The minimum absolute atomic E-state index is 0.700. The van der Waals surface area contributed by atoms with Crippen LogP contribution in [0.2, 0.25) is 0 Å². The minimum Gasteiger partial charge on any atom is -0.381 e. The Labute approximate surface area is 352 Å². The Morgan fingerprint density at radius 3 is 1.69 bits per heavy atom. The predicted molar refractivity (Wildman–Crippen MR) is 258 cm³/mol. The number of allylic oxidation sites excluding steroid dienone is 1. The van der Waals surface area contributed by atoms with Gasteiger partial charge in [0, 0.05) is 51.5 Å². The van der Waals surface area contributed by atoms with E-state index in [1.807, 2.05) is 20.1 Å². The Kier molecular flexibility index (Phi) is 11.9. The van der Waals surface area contributed by atoms with Crippen LogP contribution in [0.4, 0.5) is 5.69 Å². The van der Waals surface area contributed by atoms with Crippen LogP contribution in [0, 0.1) is 0 Å². The number of rotatable bonds is 4. The van der Waals surface area contributed by atoms with Crippen molar-refractivity contribution in [3.05, 3.63) is 163 Å². The van der Waals surface area contributed by atoms with E-state index < -0.39 is 0 Å². The third kappa shape index (κ3) is 8.36. The third-order valence-corrected chi connectivity index (χ3v) is 10.6. The van der Waals surface area contributed by atoms with E-state index in [0.29, 0.717) is 5.70 Å². The summed E-state index contributed by atoms with van der Waals surface area (Å²) in [5, 5.41) is 7.95. The summed E-state index contributed by atoms with van der Waals surface area (Å²) in [4.78, 5) is 19.7. The van der Waals surface area contributed by atoms with Crippen LogP contribution in [-0.4, -0.2) is 34.0 Å². The standard InChI is InChI=1S/C50H37N5.C2H6.CH4S/c1-32-50-33(7-4-2-3-5-25-51-32)13-20-49(55-50)40-12-10-34-27-39(11-9-35(34)28-40)47-23-17-41-29-36(14-21-45(41)53-47)37-15-22-46-42(30-37)18-24-48(54-46)43-16-19-44-38(31-43)8-6-26-52-44;2*1-2/h4,6-25,27-31,52H,1-3,5,26H2;1-2H3;2H,1H3/b7-4-,51-25?;;. The highest BCUT2D eigenvalue weighted by atomic mass is 32.1. The van der Waals surface area contributed by atoms with Crippen molar-refractivity contribution < 1.29 is 0 Å². The molecular formula is C53H47N5S. The lowest BCUT2D eigenvalue weighted by molar-refractivity contribution is 0.905. The number of fused-ring (bicyclic) bond motifs is 5. The molecule has 290 valence electrons. The van der Waals surface area contributed by atoms with Crippen LogP contribution >= 0.6 is 12.6 Å². The Balaban J connectivity index is 0.00000118. The molecule has 59 heavy (non-hydrogen) atoms. The number of thiol groups is 1. The maximum Gasteiger partial charge on any atom is 0.0959 e. The zero-order chi connectivity index (χ0) is 40.7. The number of aliphatic imine (C=N–C) groups is 1. The quantitative estimate of drug-likeness (QED) is 0.174. The van der Waals surface area contributed by atoms with Crippen LogP contribution < -0.4 is 5.32 Å². The van der Waals surface area contributed by atoms with Crippen LogP contribution in [0.25, 0.3) is 95.3 Å². The van der Waals surface area contributed by atoms with E-state index in [4.69, 9.17) is 15.0 Å². The molecule has 0 bridgehead atoms. The third-order valence-electron chi connectivity index (χ3n) is 10.6. The molecule has 0 saturated heterocycles. The van der Waals surface area contributed by atoms with Gasteiger partial charge in [0.2, 0.25) is 0 Å². The van der Waals surface area contributed by atoms with Crippen molar-refractivity contribution in [3.63, 3.8) is 0 Å². The summed E-state index contributed by atoms with van der Waals surface area (Å²) in [6.07, 6.45) is 15.4. The molecular weight excluding hydrogens is 739 g/mol. The van der Waals surface area contributed by atoms with Crippen LogP contribution in [0.15, 0.2) is 151 Å². The molecule has 0 unspecified atom stereocenters. The Hall–Kier alpha value is -6.63. The average molecular weight is 786 g/mol. The predicted octanol–water partition coefficient (Wildman–Crippen LogP) is 14.2. The first-order valence-corrected chi connectivity index (χ1v) is 21.3. The smallest absolute Gasteiger partial charge is 0.0959 e.